The maximum Gasteiger partial charge on any atom is 0.438 e. The van der Waals surface area contributed by atoms with E-state index in [-0.39, 0.29) is 36.4 Å². The van der Waals surface area contributed by atoms with Gasteiger partial charge in [0.2, 0.25) is 33.4 Å². The number of amides is 4. The van der Waals surface area contributed by atoms with E-state index in [9.17, 15) is 40.8 Å². The van der Waals surface area contributed by atoms with Crippen molar-refractivity contribution in [2.24, 2.45) is 17.8 Å². The number of carbonyl (C=O) groups is 4. The van der Waals surface area contributed by atoms with E-state index in [1.165, 1.54) is 39.3 Å². The summed E-state index contributed by atoms with van der Waals surface area (Å²) >= 11 is 0. The van der Waals surface area contributed by atoms with Crippen molar-refractivity contribution in [1.82, 2.24) is 30.2 Å². The maximum absolute atomic E-state index is 15.0. The zero-order chi connectivity index (χ0) is 44.0. The average Bonchev–Trinajstić information content (AvgIpc) is 4.03. The van der Waals surface area contributed by atoms with E-state index in [2.05, 4.69) is 25.3 Å². The van der Waals surface area contributed by atoms with Crippen LogP contribution in [0.1, 0.15) is 98.1 Å². The first-order valence-corrected chi connectivity index (χ1v) is 21.7. The van der Waals surface area contributed by atoms with Gasteiger partial charge in [-0.2, -0.15) is 13.2 Å². The van der Waals surface area contributed by atoms with E-state index in [1.54, 1.807) is 20.8 Å². The molecule has 2 saturated heterocycles. The molecule has 4 fully saturated rings. The molecule has 0 radical (unpaired) electrons. The average molecular weight is 869 g/mol. The van der Waals surface area contributed by atoms with E-state index in [0.717, 1.165) is 11.3 Å². The number of benzene rings is 1. The number of ether oxygens (including phenoxy) is 4. The van der Waals surface area contributed by atoms with Crippen LogP contribution in [0.4, 0.5) is 18.0 Å². The Labute approximate surface area is 347 Å². The lowest BCUT2D eigenvalue weighted by molar-refractivity contribution is -0.143. The highest BCUT2D eigenvalue weighted by atomic mass is 32.2. The Morgan fingerprint density at radius 2 is 1.73 bits per heavy atom. The molecule has 7 atom stereocenters. The molecule has 332 valence electrons. The monoisotopic (exact) mass is 868 g/mol. The van der Waals surface area contributed by atoms with Crippen molar-refractivity contribution in [3.63, 3.8) is 0 Å². The van der Waals surface area contributed by atoms with E-state index >= 15 is 0 Å². The maximum atomic E-state index is 15.0. The highest BCUT2D eigenvalue weighted by Gasteiger charge is 2.63. The predicted molar refractivity (Wildman–Crippen MR) is 210 cm³/mol. The zero-order valence-electron chi connectivity index (χ0n) is 34.9. The number of alkyl halides is 3. The molecule has 0 spiro atoms. The second-order valence-electron chi connectivity index (χ2n) is 17.9. The lowest BCUT2D eigenvalue weighted by Crippen LogP contribution is -2.60. The van der Waals surface area contributed by atoms with Crippen molar-refractivity contribution in [1.29, 1.82) is 0 Å². The van der Waals surface area contributed by atoms with Crippen LogP contribution in [-0.2, 0) is 40.1 Å². The summed E-state index contributed by atoms with van der Waals surface area (Å²) in [4.78, 5) is 66.0. The molecular formula is C40H55F3N6O10S. The van der Waals surface area contributed by atoms with Crippen LogP contribution in [0.15, 0.2) is 18.2 Å². The minimum Gasteiger partial charge on any atom is -0.497 e. The highest BCUT2D eigenvalue weighted by molar-refractivity contribution is 7.91. The number of hydrogen-bond donors (Lipinski definition) is 3. The summed E-state index contributed by atoms with van der Waals surface area (Å²) in [6, 6.07) is 1.34. The second kappa shape index (κ2) is 16.8. The van der Waals surface area contributed by atoms with Gasteiger partial charge in [0.25, 0.3) is 5.91 Å². The number of carbonyl (C=O) groups excluding carboxylic acids is 4. The molecule has 2 aromatic rings. The Kier molecular flexibility index (Phi) is 12.6. The number of alkyl carbamates (subject to hydrolysis) is 1. The minimum atomic E-state index is -5.02. The van der Waals surface area contributed by atoms with Gasteiger partial charge in [0.1, 0.15) is 35.1 Å². The first-order valence-electron chi connectivity index (χ1n) is 20.3. The van der Waals surface area contributed by atoms with Crippen LogP contribution in [0, 0.1) is 17.8 Å². The molecule has 16 nitrogen and oxygen atoms in total. The summed E-state index contributed by atoms with van der Waals surface area (Å²) in [5.74, 6) is -4.16. The molecule has 20 heteroatoms. The highest BCUT2D eigenvalue weighted by Crippen LogP contribution is 2.49. The number of nitrogens with one attached hydrogen (secondary N) is 3. The Balaban J connectivity index is 1.40. The predicted octanol–water partition coefficient (Wildman–Crippen LogP) is 4.64. The summed E-state index contributed by atoms with van der Waals surface area (Å²) in [6.07, 6.45) is -3.72. The molecular weight excluding hydrogens is 814 g/mol. The summed E-state index contributed by atoms with van der Waals surface area (Å²) in [6.45, 7) is 8.06. The third-order valence-corrected chi connectivity index (χ3v) is 14.1. The van der Waals surface area contributed by atoms with Gasteiger partial charge in [0.15, 0.2) is 0 Å². The van der Waals surface area contributed by atoms with Crippen molar-refractivity contribution >= 4 is 44.9 Å². The van der Waals surface area contributed by atoms with Gasteiger partial charge in [0.05, 0.1) is 36.0 Å². The van der Waals surface area contributed by atoms with Crippen molar-refractivity contribution in [2.75, 3.05) is 27.4 Å². The molecule has 0 unspecified atom stereocenters. The number of halogens is 3. The van der Waals surface area contributed by atoms with Gasteiger partial charge < -0.3 is 34.5 Å². The fraction of sp³-hybridized carbons (Fsp3) is 0.700. The van der Waals surface area contributed by atoms with E-state index in [4.69, 9.17) is 18.9 Å². The quantitative estimate of drug-likeness (QED) is 0.316. The number of methoxy groups -OCH3 is 2. The minimum absolute atomic E-state index is 0.0128. The fourth-order valence-electron chi connectivity index (χ4n) is 8.22. The summed E-state index contributed by atoms with van der Waals surface area (Å²) < 4.78 is 93.3. The zero-order valence-corrected chi connectivity index (χ0v) is 35.8. The first-order chi connectivity index (χ1) is 28.0. The van der Waals surface area contributed by atoms with Gasteiger partial charge in [-0.3, -0.25) is 19.1 Å². The van der Waals surface area contributed by atoms with Crippen molar-refractivity contribution in [2.45, 2.75) is 133 Å². The molecule has 4 aliphatic rings. The van der Waals surface area contributed by atoms with Crippen LogP contribution >= 0.6 is 0 Å². The SMILES string of the molecule is COC[C@@H]1C[C@H](C)CCCC[C@@H]2C[C@@]2(C(=O)NS(=O)(=O)C2(C)CC2)NC(=O)[C@@H]2C[C@@H](Oc3nc4cc(OC)ccc4nc3C(F)(F)F)CN2C(=O)[C@H]1NC(=O)OC(C)(C)C. The van der Waals surface area contributed by atoms with Crippen molar-refractivity contribution < 1.29 is 59.7 Å². The van der Waals surface area contributed by atoms with Crippen LogP contribution in [0.5, 0.6) is 11.6 Å². The van der Waals surface area contributed by atoms with E-state index < -0.39 is 104 Å². The summed E-state index contributed by atoms with van der Waals surface area (Å²) in [5.41, 5.74) is -4.07. The molecule has 2 aliphatic heterocycles. The third kappa shape index (κ3) is 9.84. The van der Waals surface area contributed by atoms with Crippen molar-refractivity contribution in [3.8, 4) is 11.6 Å². The van der Waals surface area contributed by atoms with Crippen molar-refractivity contribution in [3.05, 3.63) is 23.9 Å². The number of nitrogens with zero attached hydrogens (tertiary/aromatic N) is 3. The molecule has 3 heterocycles. The van der Waals surface area contributed by atoms with E-state index in [0.29, 0.717) is 44.3 Å². The molecule has 2 aliphatic carbocycles. The third-order valence-electron chi connectivity index (χ3n) is 11.9. The lowest BCUT2D eigenvalue weighted by atomic mass is 9.86. The smallest absolute Gasteiger partial charge is 0.438 e. The molecule has 4 amide bonds. The van der Waals surface area contributed by atoms with Gasteiger partial charge in [-0.25, -0.2) is 23.2 Å². The van der Waals surface area contributed by atoms with Gasteiger partial charge in [-0.15, -0.1) is 0 Å². The second-order valence-corrected chi connectivity index (χ2v) is 20.1. The molecule has 6 rings (SSSR count). The van der Waals surface area contributed by atoms with Gasteiger partial charge in [0, 0.05) is 25.5 Å². The fourth-order valence-corrected chi connectivity index (χ4v) is 9.53. The molecule has 1 aromatic carbocycles. The Bertz CT molecular complexity index is 2090. The molecule has 2 saturated carbocycles. The van der Waals surface area contributed by atoms with Crippen LogP contribution in [-0.4, -0.2) is 109 Å². The molecule has 1 aromatic heterocycles. The van der Waals surface area contributed by atoms with Gasteiger partial charge in [-0.1, -0.05) is 26.2 Å². The first kappa shape index (κ1) is 45.1. The normalized spacial score (nSPS) is 28.6. The number of rotatable bonds is 9. The number of hydrogen-bond acceptors (Lipinski definition) is 12. The largest absolute Gasteiger partial charge is 0.497 e. The van der Waals surface area contributed by atoms with Crippen LogP contribution < -0.4 is 24.8 Å². The standard InChI is InChI=1S/C40H55F3N6O10S/c1-22-10-8-9-11-24-19-39(24,35(52)48-60(54,55)38(5)14-15-38)47-32(50)29-18-26(58-33-31(40(41,42)43)44-27-13-12-25(57-7)17-28(27)45-33)20-49(29)34(51)30(23(16-22)21-56-6)46-36(53)59-37(2,3)4/h12-13,17,22-24,26,29-30H,8-11,14-16,18-21H2,1-7H3,(H,46,53)(H,47,50)(H,48,52)/t22-,23+,24-,26-,29+,30+,39-/m1/s1. The van der Waals surface area contributed by atoms with Crippen LogP contribution in [0.3, 0.4) is 0 Å². The number of aromatic nitrogens is 2. The Morgan fingerprint density at radius 3 is 2.37 bits per heavy atom. The summed E-state index contributed by atoms with van der Waals surface area (Å²) in [7, 11) is -1.27. The Morgan fingerprint density at radius 1 is 1.03 bits per heavy atom. The topological polar surface area (TPSA) is 204 Å². The lowest BCUT2D eigenvalue weighted by Gasteiger charge is -2.34. The molecule has 60 heavy (non-hydrogen) atoms. The summed E-state index contributed by atoms with van der Waals surface area (Å²) in [5, 5.41) is 5.48. The van der Waals surface area contributed by atoms with E-state index in [1.807, 2.05) is 6.92 Å². The number of fused-ring (bicyclic) bond motifs is 3. The number of sulfonamides is 1. The van der Waals surface area contributed by atoms with Gasteiger partial charge >= 0.3 is 12.3 Å². The molecule has 0 bridgehead atoms. The van der Waals surface area contributed by atoms with Crippen LogP contribution in [0.2, 0.25) is 0 Å². The molecule has 3 N–H and O–H groups in total. The Hall–Kier alpha value is -4.46. The van der Waals surface area contributed by atoms with Crippen LogP contribution in [0.25, 0.3) is 11.0 Å². The van der Waals surface area contributed by atoms with Gasteiger partial charge in [-0.05, 0) is 83.8 Å².